The summed E-state index contributed by atoms with van der Waals surface area (Å²) in [5.74, 6) is -0.285. The number of fused-ring (bicyclic) bond motifs is 1. The standard InChI is InChI=1S/C35H38Cl2N4O3S/c1-23(24-8-4-3-5-9-24)38-35(42)33-28-21-27(45(2,43)44)11-13-32(28)39-34(25-10-12-30(36)31(37)20-25)29(33)22-40-18-14-26(15-19-40)41-16-6-7-17-41/h3-5,8-13,20-21,23,26H,6-7,14-19,22H2,1-2H3,(H,38,42)/t23-/m0/s1. The van der Waals surface area contributed by atoms with E-state index in [1.165, 1.54) is 32.2 Å². The average molecular weight is 666 g/mol. The Balaban J connectivity index is 1.48. The number of amides is 1. The van der Waals surface area contributed by atoms with Crippen LogP contribution in [0.15, 0.2) is 71.6 Å². The second kappa shape index (κ2) is 13.4. The molecule has 1 N–H and O–H groups in total. The Morgan fingerprint density at radius 2 is 1.67 bits per heavy atom. The number of sulfone groups is 1. The lowest BCUT2D eigenvalue weighted by Crippen LogP contribution is -2.43. The molecular formula is C35H38Cl2N4O3S. The van der Waals surface area contributed by atoms with E-state index in [0.29, 0.717) is 44.8 Å². The first-order valence-electron chi connectivity index (χ1n) is 15.5. The maximum atomic E-state index is 14.4. The third-order valence-electron chi connectivity index (χ3n) is 9.15. The molecule has 0 bridgehead atoms. The summed E-state index contributed by atoms with van der Waals surface area (Å²) in [7, 11) is -3.54. The third kappa shape index (κ3) is 7.05. The van der Waals surface area contributed by atoms with Gasteiger partial charge < -0.3 is 10.2 Å². The van der Waals surface area contributed by atoms with Crippen LogP contribution in [0.5, 0.6) is 0 Å². The molecule has 10 heteroatoms. The maximum absolute atomic E-state index is 14.4. The zero-order valence-corrected chi connectivity index (χ0v) is 27.9. The lowest BCUT2D eigenvalue weighted by molar-refractivity contribution is 0.0936. The molecule has 0 saturated carbocycles. The molecular weight excluding hydrogens is 627 g/mol. The van der Waals surface area contributed by atoms with E-state index in [9.17, 15) is 13.2 Å². The fourth-order valence-electron chi connectivity index (χ4n) is 6.67. The molecule has 3 heterocycles. The van der Waals surface area contributed by atoms with Crippen LogP contribution in [-0.2, 0) is 16.4 Å². The Bertz CT molecular complexity index is 1820. The van der Waals surface area contributed by atoms with Crippen LogP contribution < -0.4 is 5.32 Å². The fourth-order valence-corrected chi connectivity index (χ4v) is 7.62. The number of carbonyl (C=O) groups excluding carboxylic acids is 1. The predicted octanol–water partition coefficient (Wildman–Crippen LogP) is 7.16. The van der Waals surface area contributed by atoms with E-state index in [1.807, 2.05) is 43.3 Å². The molecule has 0 aliphatic carbocycles. The molecule has 3 aromatic carbocycles. The van der Waals surface area contributed by atoms with Crippen molar-refractivity contribution in [2.24, 2.45) is 0 Å². The summed E-state index contributed by atoms with van der Waals surface area (Å²) in [6.07, 6.45) is 5.84. The first-order chi connectivity index (χ1) is 21.6. The van der Waals surface area contributed by atoms with Gasteiger partial charge in [0, 0.05) is 35.4 Å². The van der Waals surface area contributed by atoms with Gasteiger partial charge in [0.15, 0.2) is 9.84 Å². The molecule has 0 radical (unpaired) electrons. The summed E-state index contributed by atoms with van der Waals surface area (Å²) in [5, 5.41) is 4.52. The summed E-state index contributed by atoms with van der Waals surface area (Å²) in [4.78, 5) is 24.6. The Morgan fingerprint density at radius 1 is 0.956 bits per heavy atom. The number of halogens is 2. The number of rotatable bonds is 8. The van der Waals surface area contributed by atoms with Crippen molar-refractivity contribution in [1.29, 1.82) is 0 Å². The van der Waals surface area contributed by atoms with Crippen LogP contribution in [0.25, 0.3) is 22.2 Å². The normalized spacial score (nSPS) is 17.5. The smallest absolute Gasteiger partial charge is 0.252 e. The lowest BCUT2D eigenvalue weighted by atomic mass is 9.94. The number of piperidine rings is 1. The molecule has 1 aromatic heterocycles. The summed E-state index contributed by atoms with van der Waals surface area (Å²) in [5.41, 5.74) is 4.03. The molecule has 0 unspecified atom stereocenters. The van der Waals surface area contributed by atoms with Gasteiger partial charge in [0.05, 0.1) is 37.8 Å². The summed E-state index contributed by atoms with van der Waals surface area (Å²) in [6, 6.07) is 20.3. The van der Waals surface area contributed by atoms with E-state index in [2.05, 4.69) is 15.1 Å². The molecule has 7 nitrogen and oxygen atoms in total. The molecule has 2 fully saturated rings. The zero-order valence-electron chi connectivity index (χ0n) is 25.6. The van der Waals surface area contributed by atoms with Crippen molar-refractivity contribution in [3.05, 3.63) is 93.5 Å². The van der Waals surface area contributed by atoms with Gasteiger partial charge in [-0.25, -0.2) is 13.4 Å². The van der Waals surface area contributed by atoms with Gasteiger partial charge in [-0.3, -0.25) is 9.69 Å². The number of hydrogen-bond donors (Lipinski definition) is 1. The van der Waals surface area contributed by atoms with Crippen molar-refractivity contribution in [3.63, 3.8) is 0 Å². The number of hydrogen-bond acceptors (Lipinski definition) is 6. The van der Waals surface area contributed by atoms with Crippen molar-refractivity contribution in [2.75, 3.05) is 32.4 Å². The Kier molecular flexibility index (Phi) is 9.50. The van der Waals surface area contributed by atoms with Gasteiger partial charge in [0.1, 0.15) is 0 Å². The number of likely N-dealkylation sites (tertiary alicyclic amines) is 2. The van der Waals surface area contributed by atoms with Crippen LogP contribution in [0.4, 0.5) is 0 Å². The van der Waals surface area contributed by atoms with Crippen molar-refractivity contribution < 1.29 is 13.2 Å². The molecule has 2 aliphatic heterocycles. The predicted molar refractivity (Wildman–Crippen MR) is 182 cm³/mol. The maximum Gasteiger partial charge on any atom is 0.252 e. The van der Waals surface area contributed by atoms with Crippen molar-refractivity contribution in [3.8, 4) is 11.3 Å². The number of aromatic nitrogens is 1. The quantitative estimate of drug-likeness (QED) is 0.215. The van der Waals surface area contributed by atoms with Gasteiger partial charge in [0.2, 0.25) is 0 Å². The van der Waals surface area contributed by atoms with Crippen LogP contribution in [0, 0.1) is 0 Å². The van der Waals surface area contributed by atoms with Gasteiger partial charge in [-0.05, 0) is 94.7 Å². The summed E-state index contributed by atoms with van der Waals surface area (Å²) >= 11 is 12.8. The minimum absolute atomic E-state index is 0.140. The van der Waals surface area contributed by atoms with E-state index in [0.717, 1.165) is 42.6 Å². The Hall–Kier alpha value is -3.01. The topological polar surface area (TPSA) is 82.6 Å². The second-order valence-electron chi connectivity index (χ2n) is 12.3. The van der Waals surface area contributed by atoms with Gasteiger partial charge in [-0.1, -0.05) is 59.6 Å². The Labute approximate surface area is 275 Å². The van der Waals surface area contributed by atoms with Gasteiger partial charge >= 0.3 is 0 Å². The second-order valence-corrected chi connectivity index (χ2v) is 15.1. The average Bonchev–Trinajstić information content (AvgIpc) is 3.57. The number of benzene rings is 3. The number of pyridine rings is 1. The summed E-state index contributed by atoms with van der Waals surface area (Å²) in [6.45, 7) is 6.56. The Morgan fingerprint density at radius 3 is 2.33 bits per heavy atom. The van der Waals surface area contributed by atoms with Gasteiger partial charge in [-0.15, -0.1) is 0 Å². The molecule has 1 atom stereocenters. The molecule has 1 amide bonds. The first kappa shape index (κ1) is 32.0. The van der Waals surface area contributed by atoms with E-state index in [-0.39, 0.29) is 16.8 Å². The lowest BCUT2D eigenvalue weighted by Gasteiger charge is -2.37. The van der Waals surface area contributed by atoms with E-state index < -0.39 is 9.84 Å². The van der Waals surface area contributed by atoms with Crippen LogP contribution in [0.1, 0.15) is 60.1 Å². The number of nitrogens with one attached hydrogen (secondary N) is 1. The third-order valence-corrected chi connectivity index (χ3v) is 11.0. The molecule has 2 aliphatic rings. The molecule has 6 rings (SSSR count). The zero-order chi connectivity index (χ0) is 31.7. The molecule has 236 valence electrons. The van der Waals surface area contributed by atoms with Gasteiger partial charge in [-0.2, -0.15) is 0 Å². The number of nitrogens with zero attached hydrogens (tertiary/aromatic N) is 3. The summed E-state index contributed by atoms with van der Waals surface area (Å²) < 4.78 is 25.3. The highest BCUT2D eigenvalue weighted by Crippen LogP contribution is 2.36. The fraction of sp³-hybridized carbons (Fsp3) is 0.371. The van der Waals surface area contributed by atoms with Crippen LogP contribution in [0.2, 0.25) is 10.0 Å². The van der Waals surface area contributed by atoms with Crippen molar-refractivity contribution >= 4 is 49.8 Å². The van der Waals surface area contributed by atoms with Crippen molar-refractivity contribution in [2.45, 2.75) is 56.1 Å². The highest BCUT2D eigenvalue weighted by molar-refractivity contribution is 7.90. The highest BCUT2D eigenvalue weighted by atomic mass is 35.5. The van der Waals surface area contributed by atoms with Crippen LogP contribution in [-0.4, -0.2) is 67.6 Å². The largest absolute Gasteiger partial charge is 0.345 e. The molecule has 2 saturated heterocycles. The van der Waals surface area contributed by atoms with E-state index in [1.54, 1.807) is 30.3 Å². The first-order valence-corrected chi connectivity index (χ1v) is 18.2. The molecule has 0 spiro atoms. The van der Waals surface area contributed by atoms with Crippen LogP contribution >= 0.6 is 23.2 Å². The molecule has 45 heavy (non-hydrogen) atoms. The van der Waals surface area contributed by atoms with E-state index >= 15 is 0 Å². The minimum Gasteiger partial charge on any atom is -0.345 e. The van der Waals surface area contributed by atoms with E-state index in [4.69, 9.17) is 28.2 Å². The monoisotopic (exact) mass is 664 g/mol. The van der Waals surface area contributed by atoms with Crippen LogP contribution in [0.3, 0.4) is 0 Å². The van der Waals surface area contributed by atoms with Gasteiger partial charge in [0.25, 0.3) is 5.91 Å². The SMILES string of the molecule is C[C@H](NC(=O)c1c(CN2CCC(N3CCCC3)CC2)c(-c2ccc(Cl)c(Cl)c2)nc2ccc(S(C)(=O)=O)cc12)c1ccccc1. The molecule has 4 aromatic rings. The van der Waals surface area contributed by atoms with Crippen molar-refractivity contribution in [1.82, 2.24) is 20.1 Å². The highest BCUT2D eigenvalue weighted by Gasteiger charge is 2.30. The number of carbonyl (C=O) groups is 1. The minimum atomic E-state index is -3.54.